The number of halogens is 1. The van der Waals surface area contributed by atoms with Crippen molar-refractivity contribution < 1.29 is 8.42 Å². The van der Waals surface area contributed by atoms with Crippen molar-refractivity contribution in [3.63, 3.8) is 0 Å². The van der Waals surface area contributed by atoms with Gasteiger partial charge in [0.05, 0.1) is 22.2 Å². The quantitative estimate of drug-likeness (QED) is 0.938. The third kappa shape index (κ3) is 3.35. The molecule has 0 aromatic heterocycles. The first kappa shape index (κ1) is 15.4. The largest absolute Gasteiger partial charge is 0.279 e. The van der Waals surface area contributed by atoms with E-state index in [0.717, 1.165) is 5.56 Å². The van der Waals surface area contributed by atoms with Gasteiger partial charge in [-0.2, -0.15) is 5.26 Å². The van der Waals surface area contributed by atoms with Crippen molar-refractivity contribution in [3.05, 3.63) is 58.1 Å². The Hall–Kier alpha value is -2.03. The monoisotopic (exact) mass is 320 g/mol. The Labute approximate surface area is 129 Å². The number of nitriles is 1. The Kier molecular flexibility index (Phi) is 4.21. The molecule has 0 saturated carbocycles. The van der Waals surface area contributed by atoms with E-state index in [1.165, 1.54) is 6.07 Å². The molecule has 2 aromatic rings. The van der Waals surface area contributed by atoms with Crippen LogP contribution in [0.15, 0.2) is 41.3 Å². The van der Waals surface area contributed by atoms with Crippen LogP contribution in [0.5, 0.6) is 0 Å². The fourth-order valence-electron chi connectivity index (χ4n) is 1.90. The van der Waals surface area contributed by atoms with Crippen LogP contribution in [0.25, 0.3) is 0 Å². The fraction of sp³-hybridized carbons (Fsp3) is 0.133. The average Bonchev–Trinajstić information content (AvgIpc) is 2.42. The molecule has 0 unspecified atom stereocenters. The normalized spacial score (nSPS) is 11.0. The standard InChI is InChI=1S/C15H13ClN2O2S/c1-10-3-4-12(9-17)8-15(10)21(19,20)18-14-6-5-13(16)7-11(14)2/h3-8,18H,1-2H3. The van der Waals surface area contributed by atoms with Crippen LogP contribution in [0, 0.1) is 25.2 Å². The molecule has 0 aliphatic rings. The maximum atomic E-state index is 12.5. The van der Waals surface area contributed by atoms with Gasteiger partial charge in [0.2, 0.25) is 0 Å². The second-order valence-corrected chi connectivity index (χ2v) is 6.74. The lowest BCUT2D eigenvalue weighted by molar-refractivity contribution is 0.600. The summed E-state index contributed by atoms with van der Waals surface area (Å²) in [4.78, 5) is 0.0934. The predicted molar refractivity (Wildman–Crippen MR) is 82.9 cm³/mol. The molecule has 2 rings (SSSR count). The second-order valence-electron chi connectivity index (χ2n) is 4.66. The highest BCUT2D eigenvalue weighted by atomic mass is 35.5. The Morgan fingerprint density at radius 1 is 1.10 bits per heavy atom. The first-order valence-corrected chi connectivity index (χ1v) is 7.99. The lowest BCUT2D eigenvalue weighted by Gasteiger charge is -2.12. The smallest absolute Gasteiger partial charge is 0.262 e. The predicted octanol–water partition coefficient (Wildman–Crippen LogP) is 3.63. The number of sulfonamides is 1. The molecule has 108 valence electrons. The number of aryl methyl sites for hydroxylation is 2. The van der Waals surface area contributed by atoms with Crippen molar-refractivity contribution in [2.45, 2.75) is 18.7 Å². The number of nitrogens with zero attached hydrogens (tertiary/aromatic N) is 1. The minimum atomic E-state index is -3.76. The van der Waals surface area contributed by atoms with E-state index in [1.54, 1.807) is 44.2 Å². The van der Waals surface area contributed by atoms with Gasteiger partial charge in [-0.3, -0.25) is 4.72 Å². The van der Waals surface area contributed by atoms with Crippen molar-refractivity contribution in [1.29, 1.82) is 5.26 Å². The number of rotatable bonds is 3. The van der Waals surface area contributed by atoms with E-state index in [-0.39, 0.29) is 4.90 Å². The van der Waals surface area contributed by atoms with Crippen molar-refractivity contribution >= 4 is 27.3 Å². The van der Waals surface area contributed by atoms with E-state index in [0.29, 0.717) is 21.8 Å². The Bertz CT molecular complexity index is 839. The summed E-state index contributed by atoms with van der Waals surface area (Å²) in [6.45, 7) is 3.45. The van der Waals surface area contributed by atoms with Crippen LogP contribution in [-0.2, 0) is 10.0 Å². The SMILES string of the molecule is Cc1cc(Cl)ccc1NS(=O)(=O)c1cc(C#N)ccc1C. The zero-order valence-electron chi connectivity index (χ0n) is 11.5. The average molecular weight is 321 g/mol. The summed E-state index contributed by atoms with van der Waals surface area (Å²) in [7, 11) is -3.76. The van der Waals surface area contributed by atoms with Gasteiger partial charge in [-0.15, -0.1) is 0 Å². The van der Waals surface area contributed by atoms with Crippen molar-refractivity contribution in [2.75, 3.05) is 4.72 Å². The summed E-state index contributed by atoms with van der Waals surface area (Å²) < 4.78 is 27.5. The van der Waals surface area contributed by atoms with Gasteiger partial charge in [0, 0.05) is 5.02 Å². The maximum absolute atomic E-state index is 12.5. The third-order valence-corrected chi connectivity index (χ3v) is 4.78. The summed E-state index contributed by atoms with van der Waals surface area (Å²) in [6.07, 6.45) is 0. The number of anilines is 1. The number of benzene rings is 2. The zero-order chi connectivity index (χ0) is 15.6. The highest BCUT2D eigenvalue weighted by Gasteiger charge is 2.18. The molecule has 6 heteroatoms. The topological polar surface area (TPSA) is 70.0 Å². The lowest BCUT2D eigenvalue weighted by atomic mass is 10.2. The molecule has 21 heavy (non-hydrogen) atoms. The van der Waals surface area contributed by atoms with Gasteiger partial charge in [-0.05, 0) is 55.3 Å². The molecule has 0 spiro atoms. The van der Waals surface area contributed by atoms with E-state index in [1.807, 2.05) is 6.07 Å². The molecule has 0 radical (unpaired) electrons. The van der Waals surface area contributed by atoms with E-state index < -0.39 is 10.0 Å². The Morgan fingerprint density at radius 2 is 1.81 bits per heavy atom. The summed E-state index contributed by atoms with van der Waals surface area (Å²) in [5.41, 5.74) is 2.06. The molecule has 0 bridgehead atoms. The molecule has 0 amide bonds. The molecule has 4 nitrogen and oxygen atoms in total. The van der Waals surface area contributed by atoms with E-state index in [4.69, 9.17) is 16.9 Å². The minimum Gasteiger partial charge on any atom is -0.279 e. The molecule has 0 aliphatic carbocycles. The van der Waals surface area contributed by atoms with E-state index >= 15 is 0 Å². The number of hydrogen-bond donors (Lipinski definition) is 1. The summed E-state index contributed by atoms with van der Waals surface area (Å²) >= 11 is 5.86. The summed E-state index contributed by atoms with van der Waals surface area (Å²) in [6, 6.07) is 11.4. The van der Waals surface area contributed by atoms with Gasteiger partial charge in [0.15, 0.2) is 0 Å². The van der Waals surface area contributed by atoms with Crippen LogP contribution in [-0.4, -0.2) is 8.42 Å². The molecule has 1 N–H and O–H groups in total. The van der Waals surface area contributed by atoms with E-state index in [9.17, 15) is 8.42 Å². The molecule has 0 heterocycles. The van der Waals surface area contributed by atoms with Gasteiger partial charge >= 0.3 is 0 Å². The molecule has 2 aromatic carbocycles. The summed E-state index contributed by atoms with van der Waals surface area (Å²) in [5, 5.41) is 9.44. The van der Waals surface area contributed by atoms with Crippen molar-refractivity contribution in [3.8, 4) is 6.07 Å². The van der Waals surface area contributed by atoms with E-state index in [2.05, 4.69) is 4.72 Å². The van der Waals surface area contributed by atoms with Gasteiger partial charge in [-0.25, -0.2) is 8.42 Å². The second kappa shape index (κ2) is 5.76. The summed E-state index contributed by atoms with van der Waals surface area (Å²) in [5.74, 6) is 0. The molecular weight excluding hydrogens is 308 g/mol. The van der Waals surface area contributed by atoms with Crippen LogP contribution >= 0.6 is 11.6 Å². The first-order chi connectivity index (χ1) is 9.83. The molecule has 0 atom stereocenters. The van der Waals surface area contributed by atoms with Crippen LogP contribution in [0.3, 0.4) is 0 Å². The molecule has 0 saturated heterocycles. The van der Waals surface area contributed by atoms with Crippen LogP contribution in [0.1, 0.15) is 16.7 Å². The van der Waals surface area contributed by atoms with Gasteiger partial charge in [-0.1, -0.05) is 17.7 Å². The fourth-order valence-corrected chi connectivity index (χ4v) is 3.53. The first-order valence-electron chi connectivity index (χ1n) is 6.13. The van der Waals surface area contributed by atoms with Crippen LogP contribution < -0.4 is 4.72 Å². The van der Waals surface area contributed by atoms with Gasteiger partial charge in [0.25, 0.3) is 10.0 Å². The third-order valence-electron chi connectivity index (χ3n) is 3.04. The Morgan fingerprint density at radius 3 is 2.43 bits per heavy atom. The molecule has 0 aliphatic heterocycles. The van der Waals surface area contributed by atoms with Gasteiger partial charge < -0.3 is 0 Å². The highest BCUT2D eigenvalue weighted by molar-refractivity contribution is 7.92. The number of nitrogens with one attached hydrogen (secondary N) is 1. The van der Waals surface area contributed by atoms with Crippen molar-refractivity contribution in [1.82, 2.24) is 0 Å². The van der Waals surface area contributed by atoms with Gasteiger partial charge in [0.1, 0.15) is 0 Å². The molecular formula is C15H13ClN2O2S. The molecule has 0 fully saturated rings. The lowest BCUT2D eigenvalue weighted by Crippen LogP contribution is -2.15. The number of hydrogen-bond acceptors (Lipinski definition) is 3. The maximum Gasteiger partial charge on any atom is 0.262 e. The zero-order valence-corrected chi connectivity index (χ0v) is 13.1. The van der Waals surface area contributed by atoms with Crippen LogP contribution in [0.2, 0.25) is 5.02 Å². The highest BCUT2D eigenvalue weighted by Crippen LogP contribution is 2.24. The van der Waals surface area contributed by atoms with Crippen molar-refractivity contribution in [2.24, 2.45) is 0 Å². The Balaban J connectivity index is 2.46. The van der Waals surface area contributed by atoms with Crippen LogP contribution in [0.4, 0.5) is 5.69 Å². The minimum absolute atomic E-state index is 0.0934.